The highest BCUT2D eigenvalue weighted by Crippen LogP contribution is 2.25. The predicted octanol–water partition coefficient (Wildman–Crippen LogP) is 4.53. The van der Waals surface area contributed by atoms with Crippen LogP contribution in [-0.4, -0.2) is 40.0 Å². The van der Waals surface area contributed by atoms with E-state index in [2.05, 4.69) is 72.1 Å². The van der Waals surface area contributed by atoms with Gasteiger partial charge in [-0.05, 0) is 44.1 Å². The minimum atomic E-state index is -0.187. The van der Waals surface area contributed by atoms with Crippen LogP contribution in [-0.2, 0) is 6.54 Å². The number of aliphatic imine (C=N–C) groups is 1. The number of nitrogens with zero attached hydrogens (tertiary/aromatic N) is 4. The summed E-state index contributed by atoms with van der Waals surface area (Å²) in [5.74, 6) is 0.850. The Morgan fingerprint density at radius 1 is 1.48 bits per heavy atom. The predicted molar refractivity (Wildman–Crippen MR) is 129 cm³/mol. The second kappa shape index (κ2) is 11.1. The Morgan fingerprint density at radius 3 is 2.93 bits per heavy atom. The lowest BCUT2D eigenvalue weighted by atomic mass is 10.2. The molecule has 1 aliphatic heterocycles. The number of hydrogen-bond donors (Lipinski definition) is 1. The molecule has 0 fully saturated rings. The maximum Gasteiger partial charge on any atom is 0.124 e. The molecular weight excluding hydrogens is 517 g/mol. The number of hydrogen-bond acceptors (Lipinski definition) is 5. The van der Waals surface area contributed by atoms with E-state index in [9.17, 15) is 0 Å². The molecule has 0 radical (unpaired) electrons. The molecule has 2 heterocycles. The Bertz CT molecular complexity index is 850. The quantitative estimate of drug-likeness (QED) is 0.300. The number of allylic oxidation sites excluding steroid dienone is 6. The minimum Gasteiger partial charge on any atom is -0.366 e. The van der Waals surface area contributed by atoms with Crippen LogP contribution in [0, 0.1) is 0 Å². The van der Waals surface area contributed by atoms with Crippen LogP contribution in [0.15, 0.2) is 78.9 Å². The zero-order chi connectivity index (χ0) is 19.6. The Labute approximate surface area is 179 Å². The van der Waals surface area contributed by atoms with Gasteiger partial charge < -0.3 is 5.32 Å². The SMILES string of the molecule is C=C(Br)/C=N\N(C)/C(=C\C(=N/C)C1=C(C)C=CC=I1)NCc1cccnc1. The fourth-order valence-electron chi connectivity index (χ4n) is 2.22. The van der Waals surface area contributed by atoms with E-state index in [1.807, 2.05) is 32.4 Å². The molecule has 2 rings (SSSR count). The Morgan fingerprint density at radius 2 is 2.30 bits per heavy atom. The minimum absolute atomic E-state index is 0.187. The molecular formula is C20H23BrIN5. The van der Waals surface area contributed by atoms with Gasteiger partial charge in [-0.1, -0.05) is 45.5 Å². The standard InChI is InChI=1S/C20H23BrIN5/c1-15-7-5-9-22-20(15)18(23-3)11-19(27(4)26-12-16(2)21)25-14-17-8-6-10-24-13-17/h5-13,25H,2,14H2,1,3-4H3/b19-11-,23-18+,26-12-. The smallest absolute Gasteiger partial charge is 0.124 e. The summed E-state index contributed by atoms with van der Waals surface area (Å²) in [4.78, 5) is 8.70. The lowest BCUT2D eigenvalue weighted by molar-refractivity contribution is 0.408. The first-order chi connectivity index (χ1) is 13.0. The number of nitrogens with one attached hydrogen (secondary N) is 1. The number of rotatable bonds is 8. The average molecular weight is 540 g/mol. The molecule has 0 saturated heterocycles. The Kier molecular flexibility index (Phi) is 8.80. The van der Waals surface area contributed by atoms with Gasteiger partial charge in [-0.2, -0.15) is 5.10 Å². The fourth-order valence-corrected chi connectivity index (χ4v) is 4.47. The maximum atomic E-state index is 4.53. The summed E-state index contributed by atoms with van der Waals surface area (Å²) in [7, 11) is 3.72. The molecule has 1 aromatic heterocycles. The third-order valence-corrected chi connectivity index (χ3v) is 6.60. The molecule has 27 heavy (non-hydrogen) atoms. The molecule has 1 N–H and O–H groups in total. The van der Waals surface area contributed by atoms with Crippen molar-refractivity contribution in [3.63, 3.8) is 0 Å². The van der Waals surface area contributed by atoms with Crippen LogP contribution < -0.4 is 5.32 Å². The molecule has 1 aromatic rings. The van der Waals surface area contributed by atoms with Crippen molar-refractivity contribution in [2.45, 2.75) is 13.5 Å². The second-order valence-electron chi connectivity index (χ2n) is 5.66. The maximum absolute atomic E-state index is 4.53. The van der Waals surface area contributed by atoms with E-state index in [-0.39, 0.29) is 20.7 Å². The fraction of sp³-hybridized carbons (Fsp3) is 0.200. The van der Waals surface area contributed by atoms with Gasteiger partial charge in [0.05, 0.1) is 11.9 Å². The van der Waals surface area contributed by atoms with E-state index in [4.69, 9.17) is 0 Å². The van der Waals surface area contributed by atoms with Crippen molar-refractivity contribution in [2.24, 2.45) is 10.1 Å². The number of halogens is 2. The van der Waals surface area contributed by atoms with Crippen molar-refractivity contribution in [3.05, 3.63) is 74.4 Å². The zero-order valence-electron chi connectivity index (χ0n) is 15.7. The van der Waals surface area contributed by atoms with Gasteiger partial charge in [0.1, 0.15) is 5.82 Å². The zero-order valence-corrected chi connectivity index (χ0v) is 19.4. The highest BCUT2D eigenvalue weighted by atomic mass is 127. The van der Waals surface area contributed by atoms with Gasteiger partial charge >= 0.3 is 0 Å². The molecule has 142 valence electrons. The third kappa shape index (κ3) is 6.99. The third-order valence-electron chi connectivity index (χ3n) is 3.59. The second-order valence-corrected chi connectivity index (χ2v) is 9.10. The van der Waals surface area contributed by atoms with Gasteiger partial charge in [0.25, 0.3) is 0 Å². The summed E-state index contributed by atoms with van der Waals surface area (Å²) < 4.78 is 4.28. The van der Waals surface area contributed by atoms with Crippen LogP contribution in [0.3, 0.4) is 0 Å². The van der Waals surface area contributed by atoms with Crippen molar-refractivity contribution in [2.75, 3.05) is 14.1 Å². The van der Waals surface area contributed by atoms with Gasteiger partial charge in [0.2, 0.25) is 0 Å². The van der Waals surface area contributed by atoms with Crippen molar-refractivity contribution >= 4 is 52.6 Å². The van der Waals surface area contributed by atoms with E-state index >= 15 is 0 Å². The van der Waals surface area contributed by atoms with Gasteiger partial charge in [0.15, 0.2) is 0 Å². The number of pyridine rings is 1. The molecule has 0 unspecified atom stereocenters. The topological polar surface area (TPSA) is 52.9 Å². The molecule has 0 atom stereocenters. The van der Waals surface area contributed by atoms with Gasteiger partial charge in [-0.3, -0.25) is 15.0 Å². The van der Waals surface area contributed by atoms with Crippen LogP contribution in [0.4, 0.5) is 0 Å². The van der Waals surface area contributed by atoms with Crippen LogP contribution in [0.5, 0.6) is 0 Å². The molecule has 0 saturated carbocycles. The molecule has 1 aliphatic rings. The lowest BCUT2D eigenvalue weighted by Gasteiger charge is -2.20. The Hall–Kier alpha value is -1.87. The van der Waals surface area contributed by atoms with Crippen molar-refractivity contribution in [1.29, 1.82) is 0 Å². The van der Waals surface area contributed by atoms with Crippen LogP contribution in [0.2, 0.25) is 0 Å². The molecule has 0 amide bonds. The summed E-state index contributed by atoms with van der Waals surface area (Å²) in [6, 6.07) is 3.97. The van der Waals surface area contributed by atoms with E-state index < -0.39 is 0 Å². The normalized spacial score (nSPS) is 15.1. The molecule has 0 aliphatic carbocycles. The Balaban J connectivity index is 2.31. The van der Waals surface area contributed by atoms with Gasteiger partial charge in [-0.15, -0.1) is 0 Å². The summed E-state index contributed by atoms with van der Waals surface area (Å²) in [5.41, 5.74) is 3.35. The first-order valence-corrected chi connectivity index (χ1v) is 11.4. The first kappa shape index (κ1) is 21.4. The monoisotopic (exact) mass is 539 g/mol. The van der Waals surface area contributed by atoms with Crippen LogP contribution >= 0.6 is 36.7 Å². The number of hydrazone groups is 1. The van der Waals surface area contributed by atoms with Gasteiger partial charge in [0, 0.05) is 47.2 Å². The van der Waals surface area contributed by atoms with E-state index in [1.165, 1.54) is 9.15 Å². The van der Waals surface area contributed by atoms with Crippen molar-refractivity contribution < 1.29 is 0 Å². The summed E-state index contributed by atoms with van der Waals surface area (Å²) in [6.07, 6.45) is 11.6. The largest absolute Gasteiger partial charge is 0.366 e. The summed E-state index contributed by atoms with van der Waals surface area (Å²) >= 11 is 3.12. The summed E-state index contributed by atoms with van der Waals surface area (Å²) in [5, 5.41) is 9.65. The van der Waals surface area contributed by atoms with Crippen molar-refractivity contribution in [1.82, 2.24) is 15.3 Å². The van der Waals surface area contributed by atoms with E-state index in [0.717, 1.165) is 17.1 Å². The van der Waals surface area contributed by atoms with Crippen LogP contribution in [0.25, 0.3) is 0 Å². The lowest BCUT2D eigenvalue weighted by Crippen LogP contribution is -2.26. The molecule has 0 bridgehead atoms. The number of aromatic nitrogens is 1. The van der Waals surface area contributed by atoms with E-state index in [0.29, 0.717) is 11.0 Å². The highest BCUT2D eigenvalue weighted by molar-refractivity contribution is 14.2. The molecule has 7 heteroatoms. The molecule has 0 aromatic carbocycles. The van der Waals surface area contributed by atoms with E-state index in [1.54, 1.807) is 17.4 Å². The van der Waals surface area contributed by atoms with Crippen molar-refractivity contribution in [3.8, 4) is 0 Å². The molecule has 5 nitrogen and oxygen atoms in total. The molecule has 0 spiro atoms. The van der Waals surface area contributed by atoms with Crippen LogP contribution in [0.1, 0.15) is 12.5 Å². The highest BCUT2D eigenvalue weighted by Gasteiger charge is 2.11. The summed E-state index contributed by atoms with van der Waals surface area (Å²) in [6.45, 7) is 6.57. The van der Waals surface area contributed by atoms with Gasteiger partial charge in [-0.25, -0.2) is 0 Å². The average Bonchev–Trinajstić information content (AvgIpc) is 2.68. The first-order valence-electron chi connectivity index (χ1n) is 8.29.